The Kier molecular flexibility index (Phi) is 3.25. The van der Waals surface area contributed by atoms with Crippen molar-refractivity contribution in [3.05, 3.63) is 77.5 Å². The Hall–Kier alpha value is -2.55. The number of rotatable bonds is 3. The van der Waals surface area contributed by atoms with Crippen LogP contribution in [0, 0.1) is 6.92 Å². The van der Waals surface area contributed by atoms with Crippen molar-refractivity contribution < 1.29 is 0 Å². The average molecular weight is 263 g/mol. The minimum Gasteiger partial charge on any atom is -0.383 e. The van der Waals surface area contributed by atoms with Gasteiger partial charge in [-0.3, -0.25) is 0 Å². The van der Waals surface area contributed by atoms with Crippen molar-refractivity contribution in [2.45, 2.75) is 13.3 Å². The lowest BCUT2D eigenvalue weighted by Gasteiger charge is -2.05. The largest absolute Gasteiger partial charge is 0.383 e. The Morgan fingerprint density at radius 3 is 2.60 bits per heavy atom. The first-order chi connectivity index (χ1) is 9.74. The first-order valence-electron chi connectivity index (χ1n) is 6.67. The number of nitrogens with zero attached hydrogens (tertiary/aromatic N) is 2. The first-order valence-corrected chi connectivity index (χ1v) is 6.67. The van der Waals surface area contributed by atoms with Crippen molar-refractivity contribution in [1.29, 1.82) is 0 Å². The van der Waals surface area contributed by atoms with Crippen LogP contribution in [0.3, 0.4) is 0 Å². The molecule has 3 heteroatoms. The summed E-state index contributed by atoms with van der Waals surface area (Å²) in [5.41, 5.74) is 10.8. The normalized spacial score (nSPS) is 10.7. The van der Waals surface area contributed by atoms with Crippen LogP contribution in [-0.4, -0.2) is 9.78 Å². The van der Waals surface area contributed by atoms with E-state index in [4.69, 9.17) is 5.73 Å². The van der Waals surface area contributed by atoms with Crippen molar-refractivity contribution in [2.24, 2.45) is 0 Å². The van der Waals surface area contributed by atoms with Gasteiger partial charge in [0, 0.05) is 12.0 Å². The summed E-state index contributed by atoms with van der Waals surface area (Å²) in [5, 5.41) is 4.40. The summed E-state index contributed by atoms with van der Waals surface area (Å²) in [7, 11) is 0. The maximum Gasteiger partial charge on any atom is 0.130 e. The molecule has 1 heterocycles. The van der Waals surface area contributed by atoms with E-state index in [2.05, 4.69) is 36.3 Å². The van der Waals surface area contributed by atoms with Gasteiger partial charge < -0.3 is 5.73 Å². The summed E-state index contributed by atoms with van der Waals surface area (Å²) < 4.78 is 1.78. The lowest BCUT2D eigenvalue weighted by molar-refractivity contribution is 0.891. The minimum atomic E-state index is 0.706. The highest BCUT2D eigenvalue weighted by atomic mass is 15.3. The quantitative estimate of drug-likeness (QED) is 0.787. The Morgan fingerprint density at radius 1 is 1.05 bits per heavy atom. The number of hydrogen-bond donors (Lipinski definition) is 1. The van der Waals surface area contributed by atoms with Crippen LogP contribution in [0.2, 0.25) is 0 Å². The third kappa shape index (κ3) is 2.43. The van der Waals surface area contributed by atoms with Crippen molar-refractivity contribution in [1.82, 2.24) is 9.78 Å². The highest BCUT2D eigenvalue weighted by molar-refractivity contribution is 5.48. The zero-order valence-corrected chi connectivity index (χ0v) is 11.5. The van der Waals surface area contributed by atoms with Gasteiger partial charge in [-0.05, 0) is 24.6 Å². The fourth-order valence-electron chi connectivity index (χ4n) is 2.34. The molecular weight excluding hydrogens is 246 g/mol. The number of aromatic nitrogens is 2. The number of nitrogens with two attached hydrogens (primary N) is 1. The van der Waals surface area contributed by atoms with E-state index in [1.165, 1.54) is 11.1 Å². The standard InChI is InChI=1S/C17H17N3/c1-13-6-5-7-14(10-13)11-15-12-19-20(17(15)18)16-8-3-2-4-9-16/h2-10,12H,11,18H2,1H3. The number of hydrogen-bond acceptors (Lipinski definition) is 2. The van der Waals surface area contributed by atoms with Crippen molar-refractivity contribution in [2.75, 3.05) is 5.73 Å². The van der Waals surface area contributed by atoms with Crippen LogP contribution in [0.4, 0.5) is 5.82 Å². The van der Waals surface area contributed by atoms with Crippen LogP contribution in [0.5, 0.6) is 0 Å². The lowest BCUT2D eigenvalue weighted by atomic mass is 10.1. The number of benzene rings is 2. The lowest BCUT2D eigenvalue weighted by Crippen LogP contribution is -2.03. The van der Waals surface area contributed by atoms with Crippen LogP contribution >= 0.6 is 0 Å². The molecule has 1 aromatic heterocycles. The monoisotopic (exact) mass is 263 g/mol. The van der Waals surface area contributed by atoms with Gasteiger partial charge in [-0.15, -0.1) is 0 Å². The molecule has 0 aliphatic carbocycles. The molecule has 0 spiro atoms. The average Bonchev–Trinajstić information content (AvgIpc) is 2.81. The molecule has 0 aliphatic heterocycles. The van der Waals surface area contributed by atoms with Gasteiger partial charge in [0.15, 0.2) is 0 Å². The third-order valence-electron chi connectivity index (χ3n) is 3.36. The SMILES string of the molecule is Cc1cccc(Cc2cnn(-c3ccccc3)c2N)c1. The summed E-state index contributed by atoms with van der Waals surface area (Å²) in [6.45, 7) is 2.10. The molecule has 100 valence electrons. The number of anilines is 1. The molecule has 0 aliphatic rings. The Morgan fingerprint density at radius 2 is 1.85 bits per heavy atom. The van der Waals surface area contributed by atoms with Crippen LogP contribution in [0.1, 0.15) is 16.7 Å². The Labute approximate surface area is 118 Å². The second-order valence-corrected chi connectivity index (χ2v) is 4.97. The molecule has 0 radical (unpaired) electrons. The van der Waals surface area contributed by atoms with Crippen LogP contribution in [-0.2, 0) is 6.42 Å². The van der Waals surface area contributed by atoms with E-state index in [-0.39, 0.29) is 0 Å². The molecule has 0 amide bonds. The van der Waals surface area contributed by atoms with E-state index in [1.807, 2.05) is 36.5 Å². The van der Waals surface area contributed by atoms with Gasteiger partial charge in [0.25, 0.3) is 0 Å². The van der Waals surface area contributed by atoms with Gasteiger partial charge in [-0.2, -0.15) is 5.10 Å². The van der Waals surface area contributed by atoms with E-state index < -0.39 is 0 Å². The van der Waals surface area contributed by atoms with Gasteiger partial charge in [0.2, 0.25) is 0 Å². The predicted molar refractivity (Wildman–Crippen MR) is 82.0 cm³/mol. The topological polar surface area (TPSA) is 43.8 Å². The molecule has 0 atom stereocenters. The maximum absolute atomic E-state index is 6.22. The fraction of sp³-hybridized carbons (Fsp3) is 0.118. The Bertz CT molecular complexity index is 714. The van der Waals surface area contributed by atoms with E-state index in [0.717, 1.165) is 17.7 Å². The number of nitrogen functional groups attached to an aromatic ring is 1. The van der Waals surface area contributed by atoms with Gasteiger partial charge in [-0.25, -0.2) is 4.68 Å². The van der Waals surface area contributed by atoms with E-state index in [1.54, 1.807) is 4.68 Å². The second kappa shape index (κ2) is 5.21. The molecule has 3 rings (SSSR count). The van der Waals surface area contributed by atoms with E-state index in [9.17, 15) is 0 Å². The highest BCUT2D eigenvalue weighted by Gasteiger charge is 2.09. The van der Waals surface area contributed by atoms with Crippen LogP contribution < -0.4 is 5.73 Å². The molecule has 0 saturated heterocycles. The Balaban J connectivity index is 1.91. The fourth-order valence-corrected chi connectivity index (χ4v) is 2.34. The molecule has 2 N–H and O–H groups in total. The van der Waals surface area contributed by atoms with Crippen molar-refractivity contribution >= 4 is 5.82 Å². The second-order valence-electron chi connectivity index (χ2n) is 4.97. The van der Waals surface area contributed by atoms with Gasteiger partial charge in [0.1, 0.15) is 5.82 Å². The smallest absolute Gasteiger partial charge is 0.130 e. The summed E-state index contributed by atoms with van der Waals surface area (Å²) in [5.74, 6) is 0.706. The summed E-state index contributed by atoms with van der Waals surface area (Å²) in [6.07, 6.45) is 2.66. The molecular formula is C17H17N3. The molecule has 3 aromatic rings. The molecule has 0 saturated carbocycles. The molecule has 0 unspecified atom stereocenters. The summed E-state index contributed by atoms with van der Waals surface area (Å²) >= 11 is 0. The minimum absolute atomic E-state index is 0.706. The molecule has 3 nitrogen and oxygen atoms in total. The molecule has 0 fully saturated rings. The molecule has 0 bridgehead atoms. The van der Waals surface area contributed by atoms with E-state index in [0.29, 0.717) is 5.82 Å². The maximum atomic E-state index is 6.22. The highest BCUT2D eigenvalue weighted by Crippen LogP contribution is 2.20. The van der Waals surface area contributed by atoms with E-state index >= 15 is 0 Å². The van der Waals surface area contributed by atoms with Crippen molar-refractivity contribution in [3.63, 3.8) is 0 Å². The van der Waals surface area contributed by atoms with Gasteiger partial charge >= 0.3 is 0 Å². The zero-order valence-electron chi connectivity index (χ0n) is 11.5. The van der Waals surface area contributed by atoms with Crippen molar-refractivity contribution in [3.8, 4) is 5.69 Å². The summed E-state index contributed by atoms with van der Waals surface area (Å²) in [6, 6.07) is 18.4. The third-order valence-corrected chi connectivity index (χ3v) is 3.36. The number of aryl methyl sites for hydroxylation is 1. The molecule has 2 aromatic carbocycles. The van der Waals surface area contributed by atoms with Gasteiger partial charge in [0.05, 0.1) is 11.9 Å². The van der Waals surface area contributed by atoms with Gasteiger partial charge in [-0.1, -0.05) is 48.0 Å². The number of para-hydroxylation sites is 1. The first kappa shape index (κ1) is 12.5. The summed E-state index contributed by atoms with van der Waals surface area (Å²) in [4.78, 5) is 0. The zero-order chi connectivity index (χ0) is 13.9. The predicted octanol–water partition coefficient (Wildman–Crippen LogP) is 3.35. The van der Waals surface area contributed by atoms with Crippen LogP contribution in [0.15, 0.2) is 60.8 Å². The molecule has 20 heavy (non-hydrogen) atoms. The van der Waals surface area contributed by atoms with Crippen LogP contribution in [0.25, 0.3) is 5.69 Å².